The molecule has 0 bridgehead atoms. The van der Waals surface area contributed by atoms with Gasteiger partial charge in [-0.1, -0.05) is 45.0 Å². The quantitative estimate of drug-likeness (QED) is 0.686. The molecular formula is C21H26O2. The van der Waals surface area contributed by atoms with E-state index in [2.05, 4.69) is 20.8 Å². The van der Waals surface area contributed by atoms with Crippen LogP contribution in [-0.4, -0.2) is 12.4 Å². The molecule has 2 heteroatoms. The number of carbonyl (C=O) groups excluding carboxylic acids is 1. The Morgan fingerprint density at radius 3 is 2.43 bits per heavy atom. The Morgan fingerprint density at radius 1 is 1.04 bits per heavy atom. The summed E-state index contributed by atoms with van der Waals surface area (Å²) in [4.78, 5) is 11.2. The third-order valence-corrected chi connectivity index (χ3v) is 5.22. The van der Waals surface area contributed by atoms with Crippen LogP contribution in [0, 0.1) is 11.3 Å². The summed E-state index contributed by atoms with van der Waals surface area (Å²) in [5.74, 6) is 1.67. The smallest absolute Gasteiger partial charge is 0.150 e. The second-order valence-corrected chi connectivity index (χ2v) is 7.81. The lowest BCUT2D eigenvalue weighted by atomic mass is 9.72. The monoisotopic (exact) mass is 310 g/mol. The van der Waals surface area contributed by atoms with Crippen LogP contribution in [0.25, 0.3) is 10.8 Å². The second kappa shape index (κ2) is 6.35. The Balaban J connectivity index is 1.72. The highest BCUT2D eigenvalue weighted by atomic mass is 16.5. The Morgan fingerprint density at radius 2 is 1.78 bits per heavy atom. The van der Waals surface area contributed by atoms with Crippen molar-refractivity contribution >= 4 is 17.1 Å². The molecule has 3 rings (SSSR count). The molecule has 23 heavy (non-hydrogen) atoms. The van der Waals surface area contributed by atoms with Gasteiger partial charge in [-0.05, 0) is 59.9 Å². The Labute approximate surface area is 138 Å². The van der Waals surface area contributed by atoms with Crippen LogP contribution >= 0.6 is 0 Å². The van der Waals surface area contributed by atoms with Crippen molar-refractivity contribution in [3.05, 3.63) is 42.0 Å². The van der Waals surface area contributed by atoms with Gasteiger partial charge >= 0.3 is 0 Å². The molecule has 1 fully saturated rings. The summed E-state index contributed by atoms with van der Waals surface area (Å²) in [5.41, 5.74) is 1.12. The first-order chi connectivity index (χ1) is 11.0. The van der Waals surface area contributed by atoms with E-state index in [1.54, 1.807) is 0 Å². The van der Waals surface area contributed by atoms with Gasteiger partial charge in [0.05, 0.1) is 6.10 Å². The lowest BCUT2D eigenvalue weighted by Gasteiger charge is -2.37. The highest BCUT2D eigenvalue weighted by Gasteiger charge is 2.30. The lowest BCUT2D eigenvalue weighted by molar-refractivity contribution is 0.0883. The summed E-state index contributed by atoms with van der Waals surface area (Å²) in [6, 6.07) is 11.9. The van der Waals surface area contributed by atoms with Crippen molar-refractivity contribution in [1.82, 2.24) is 0 Å². The molecule has 0 amide bonds. The molecule has 0 aliphatic heterocycles. The first-order valence-corrected chi connectivity index (χ1v) is 8.62. The fraction of sp³-hybridized carbons (Fsp3) is 0.476. The molecule has 0 atom stereocenters. The second-order valence-electron chi connectivity index (χ2n) is 7.81. The summed E-state index contributed by atoms with van der Waals surface area (Å²) in [7, 11) is 0. The summed E-state index contributed by atoms with van der Waals surface area (Å²) in [5, 5.41) is 2.06. The van der Waals surface area contributed by atoms with Crippen molar-refractivity contribution in [2.45, 2.75) is 52.6 Å². The third kappa shape index (κ3) is 3.57. The molecule has 0 radical (unpaired) electrons. The van der Waals surface area contributed by atoms with E-state index in [9.17, 15) is 4.79 Å². The number of fused-ring (bicyclic) bond motifs is 1. The lowest BCUT2D eigenvalue weighted by Crippen LogP contribution is -2.30. The van der Waals surface area contributed by atoms with Gasteiger partial charge < -0.3 is 4.74 Å². The zero-order valence-corrected chi connectivity index (χ0v) is 14.3. The number of ether oxygens (including phenoxy) is 1. The minimum absolute atomic E-state index is 0.300. The predicted molar refractivity (Wildman–Crippen MR) is 95.2 cm³/mol. The van der Waals surface area contributed by atoms with Gasteiger partial charge in [0.25, 0.3) is 0 Å². The van der Waals surface area contributed by atoms with E-state index >= 15 is 0 Å². The van der Waals surface area contributed by atoms with Crippen molar-refractivity contribution in [3.8, 4) is 5.75 Å². The summed E-state index contributed by atoms with van der Waals surface area (Å²) >= 11 is 0. The highest BCUT2D eigenvalue weighted by Crippen LogP contribution is 2.39. The van der Waals surface area contributed by atoms with Gasteiger partial charge in [-0.25, -0.2) is 0 Å². The third-order valence-electron chi connectivity index (χ3n) is 5.22. The molecule has 0 unspecified atom stereocenters. The topological polar surface area (TPSA) is 26.3 Å². The van der Waals surface area contributed by atoms with Crippen LogP contribution in [0.5, 0.6) is 5.75 Å². The molecular weight excluding hydrogens is 284 g/mol. The molecule has 0 N–H and O–H groups in total. The van der Waals surface area contributed by atoms with E-state index in [0.29, 0.717) is 11.5 Å². The van der Waals surface area contributed by atoms with Crippen LogP contribution in [0.1, 0.15) is 56.8 Å². The predicted octanol–water partition coefficient (Wildman–Crippen LogP) is 5.64. The van der Waals surface area contributed by atoms with Crippen molar-refractivity contribution < 1.29 is 9.53 Å². The molecule has 1 aliphatic carbocycles. The number of benzene rings is 2. The van der Waals surface area contributed by atoms with Crippen LogP contribution in [0.3, 0.4) is 0 Å². The fourth-order valence-electron chi connectivity index (χ4n) is 3.69. The number of hydrogen-bond donors (Lipinski definition) is 0. The van der Waals surface area contributed by atoms with Gasteiger partial charge in [0.15, 0.2) is 6.29 Å². The van der Waals surface area contributed by atoms with E-state index in [1.165, 1.54) is 12.8 Å². The van der Waals surface area contributed by atoms with Gasteiger partial charge in [-0.3, -0.25) is 4.79 Å². The summed E-state index contributed by atoms with van der Waals surface area (Å²) < 4.78 is 6.21. The molecule has 1 aliphatic rings. The van der Waals surface area contributed by atoms with Crippen molar-refractivity contribution in [3.63, 3.8) is 0 Å². The fourth-order valence-corrected chi connectivity index (χ4v) is 3.69. The molecule has 2 nitrogen and oxygen atoms in total. The number of aldehydes is 1. The minimum atomic E-state index is 0.300. The molecule has 0 heterocycles. The molecule has 1 saturated carbocycles. The first-order valence-electron chi connectivity index (χ1n) is 8.62. The zero-order valence-electron chi connectivity index (χ0n) is 14.3. The first kappa shape index (κ1) is 16.0. The van der Waals surface area contributed by atoms with Crippen LogP contribution in [0.2, 0.25) is 0 Å². The van der Waals surface area contributed by atoms with E-state index in [-0.39, 0.29) is 0 Å². The van der Waals surface area contributed by atoms with Gasteiger partial charge in [0.1, 0.15) is 5.75 Å². The van der Waals surface area contributed by atoms with E-state index in [4.69, 9.17) is 4.74 Å². The van der Waals surface area contributed by atoms with E-state index in [1.807, 2.05) is 36.4 Å². The van der Waals surface area contributed by atoms with Gasteiger partial charge in [-0.15, -0.1) is 0 Å². The molecule has 2 aromatic carbocycles. The van der Waals surface area contributed by atoms with Crippen molar-refractivity contribution in [1.29, 1.82) is 0 Å². The van der Waals surface area contributed by atoms with Gasteiger partial charge in [-0.2, -0.15) is 0 Å². The maximum atomic E-state index is 11.2. The maximum Gasteiger partial charge on any atom is 0.150 e. The van der Waals surface area contributed by atoms with Crippen LogP contribution in [0.4, 0.5) is 0 Å². The van der Waals surface area contributed by atoms with Crippen molar-refractivity contribution in [2.24, 2.45) is 11.3 Å². The molecule has 0 saturated heterocycles. The van der Waals surface area contributed by atoms with Crippen LogP contribution in [-0.2, 0) is 0 Å². The standard InChI is InChI=1S/C21H26O2/c1-21(2,3)17-8-11-18(12-9-17)23-19-10-7-15-5-4-6-16(14-22)20(15)13-19/h4-7,10,13-14,17-18H,8-9,11-12H2,1-3H3. The molecule has 0 aromatic heterocycles. The summed E-state index contributed by atoms with van der Waals surface area (Å²) in [6.07, 6.45) is 5.93. The van der Waals surface area contributed by atoms with Gasteiger partial charge in [0, 0.05) is 5.56 Å². The largest absolute Gasteiger partial charge is 0.490 e. The zero-order chi connectivity index (χ0) is 16.4. The van der Waals surface area contributed by atoms with Crippen LogP contribution in [0.15, 0.2) is 36.4 Å². The SMILES string of the molecule is CC(C)(C)C1CCC(Oc2ccc3cccc(C=O)c3c2)CC1. The van der Waals surface area contributed by atoms with E-state index < -0.39 is 0 Å². The normalized spacial score (nSPS) is 22.0. The van der Waals surface area contributed by atoms with Gasteiger partial charge in [0.2, 0.25) is 0 Å². The average Bonchev–Trinajstić information content (AvgIpc) is 2.54. The Bertz CT molecular complexity index is 689. The molecule has 122 valence electrons. The minimum Gasteiger partial charge on any atom is -0.490 e. The highest BCUT2D eigenvalue weighted by molar-refractivity contribution is 5.98. The molecule has 0 spiro atoms. The summed E-state index contributed by atoms with van der Waals surface area (Å²) in [6.45, 7) is 7.01. The Hall–Kier alpha value is -1.83. The Kier molecular flexibility index (Phi) is 4.43. The molecule has 2 aromatic rings. The van der Waals surface area contributed by atoms with Crippen LogP contribution < -0.4 is 4.74 Å². The maximum absolute atomic E-state index is 11.2. The number of hydrogen-bond acceptors (Lipinski definition) is 2. The number of rotatable bonds is 3. The van der Waals surface area contributed by atoms with E-state index in [0.717, 1.165) is 47.1 Å². The van der Waals surface area contributed by atoms with Crippen molar-refractivity contribution in [2.75, 3.05) is 0 Å². The number of carbonyl (C=O) groups is 1. The average molecular weight is 310 g/mol.